The van der Waals surface area contributed by atoms with Gasteiger partial charge >= 0.3 is 0 Å². The molecule has 2 aromatic rings. The zero-order valence-corrected chi connectivity index (χ0v) is 22.3. The lowest BCUT2D eigenvalue weighted by Gasteiger charge is -2.41. The number of amides is 2. The molecule has 198 valence electrons. The average Bonchev–Trinajstić information content (AvgIpc) is 3.30. The van der Waals surface area contributed by atoms with E-state index in [9.17, 15) is 14.0 Å². The number of likely N-dealkylation sites (tertiary alicyclic amines) is 1. The normalized spacial score (nSPS) is 25.5. The molecule has 3 aliphatic rings. The van der Waals surface area contributed by atoms with Gasteiger partial charge in [0.15, 0.2) is 0 Å². The number of benzene rings is 1. The molecule has 2 amide bonds. The Bertz CT molecular complexity index is 1170. The van der Waals surface area contributed by atoms with E-state index in [-0.39, 0.29) is 35.1 Å². The smallest absolute Gasteiger partial charge is 0.241 e. The highest BCUT2D eigenvalue weighted by molar-refractivity contribution is 5.97. The Morgan fingerprint density at radius 2 is 1.92 bits per heavy atom. The van der Waals surface area contributed by atoms with Crippen LogP contribution < -0.4 is 10.2 Å². The Morgan fingerprint density at radius 3 is 2.62 bits per heavy atom. The average molecular weight is 508 g/mol. The quantitative estimate of drug-likeness (QED) is 0.651. The molecule has 7 nitrogen and oxygen atoms in total. The third-order valence-electron chi connectivity index (χ3n) is 7.94. The predicted molar refractivity (Wildman–Crippen MR) is 142 cm³/mol. The second kappa shape index (κ2) is 10.1. The van der Waals surface area contributed by atoms with E-state index in [1.54, 1.807) is 12.1 Å². The van der Waals surface area contributed by atoms with E-state index in [1.165, 1.54) is 12.1 Å². The number of carbonyl (C=O) groups is 2. The van der Waals surface area contributed by atoms with Crippen LogP contribution in [0.2, 0.25) is 0 Å². The van der Waals surface area contributed by atoms with Gasteiger partial charge in [0.1, 0.15) is 5.82 Å². The minimum Gasteiger partial charge on any atom is -0.341 e. The van der Waals surface area contributed by atoms with Crippen LogP contribution in [0.3, 0.4) is 0 Å². The van der Waals surface area contributed by atoms with Gasteiger partial charge in [0, 0.05) is 62.8 Å². The van der Waals surface area contributed by atoms with E-state index in [4.69, 9.17) is 4.98 Å². The SMILES string of the molecule is CC1CC(=O)N(C[C@H]2CN[C@H](C)CN2CC(=O)N2CC(C)(C)c3ncc(Cc4ccc(F)cc4)cc32)C1. The number of hydrogen-bond acceptors (Lipinski definition) is 5. The minimum absolute atomic E-state index is 0.0628. The van der Waals surface area contributed by atoms with Gasteiger partial charge in [-0.2, -0.15) is 0 Å². The molecule has 0 radical (unpaired) electrons. The van der Waals surface area contributed by atoms with Crippen LogP contribution in [0.5, 0.6) is 0 Å². The van der Waals surface area contributed by atoms with Crippen LogP contribution in [0.4, 0.5) is 10.1 Å². The van der Waals surface area contributed by atoms with E-state index in [2.05, 4.69) is 44.0 Å². The molecule has 2 saturated heterocycles. The number of carbonyl (C=O) groups excluding carboxylic acids is 2. The molecule has 4 heterocycles. The lowest BCUT2D eigenvalue weighted by molar-refractivity contribution is -0.128. The van der Waals surface area contributed by atoms with E-state index in [0.29, 0.717) is 38.4 Å². The van der Waals surface area contributed by atoms with Crippen LogP contribution >= 0.6 is 0 Å². The molecule has 1 aromatic carbocycles. The number of fused-ring (bicyclic) bond motifs is 1. The van der Waals surface area contributed by atoms with Crippen molar-refractivity contribution in [2.24, 2.45) is 5.92 Å². The summed E-state index contributed by atoms with van der Waals surface area (Å²) in [5.41, 5.74) is 3.56. The van der Waals surface area contributed by atoms with Crippen LogP contribution in [0.1, 0.15) is 50.9 Å². The molecule has 2 fully saturated rings. The maximum atomic E-state index is 13.8. The summed E-state index contributed by atoms with van der Waals surface area (Å²) in [5.74, 6) is 0.414. The largest absolute Gasteiger partial charge is 0.341 e. The summed E-state index contributed by atoms with van der Waals surface area (Å²) in [4.78, 5) is 37.1. The second-order valence-corrected chi connectivity index (χ2v) is 11.9. The van der Waals surface area contributed by atoms with Gasteiger partial charge in [-0.1, -0.05) is 32.9 Å². The van der Waals surface area contributed by atoms with E-state index in [0.717, 1.165) is 42.1 Å². The summed E-state index contributed by atoms with van der Waals surface area (Å²) in [5, 5.41) is 3.53. The predicted octanol–water partition coefficient (Wildman–Crippen LogP) is 2.97. The number of pyridine rings is 1. The Kier molecular flexibility index (Phi) is 7.07. The topological polar surface area (TPSA) is 68.8 Å². The Labute approximate surface area is 219 Å². The molecule has 1 N–H and O–H groups in total. The summed E-state index contributed by atoms with van der Waals surface area (Å²) < 4.78 is 13.3. The maximum absolute atomic E-state index is 13.8. The fourth-order valence-corrected chi connectivity index (χ4v) is 6.00. The van der Waals surface area contributed by atoms with Gasteiger partial charge in [0.2, 0.25) is 11.8 Å². The zero-order chi connectivity index (χ0) is 26.3. The monoisotopic (exact) mass is 507 g/mol. The molecule has 3 atom stereocenters. The highest BCUT2D eigenvalue weighted by Gasteiger charge is 2.41. The number of nitrogens with one attached hydrogen (secondary N) is 1. The Hall–Kier alpha value is -2.84. The molecule has 37 heavy (non-hydrogen) atoms. The van der Waals surface area contributed by atoms with Gasteiger partial charge in [-0.25, -0.2) is 4.39 Å². The van der Waals surface area contributed by atoms with Gasteiger partial charge in [0.25, 0.3) is 0 Å². The van der Waals surface area contributed by atoms with Crippen molar-refractivity contribution in [3.8, 4) is 0 Å². The third kappa shape index (κ3) is 5.55. The summed E-state index contributed by atoms with van der Waals surface area (Å²) >= 11 is 0. The number of piperazine rings is 1. The van der Waals surface area contributed by atoms with E-state index in [1.807, 2.05) is 16.0 Å². The van der Waals surface area contributed by atoms with Crippen molar-refractivity contribution in [3.63, 3.8) is 0 Å². The van der Waals surface area contributed by atoms with Gasteiger partial charge < -0.3 is 15.1 Å². The first-order chi connectivity index (χ1) is 17.6. The molecule has 0 spiro atoms. The molecular formula is C29H38FN5O2. The number of aromatic nitrogens is 1. The zero-order valence-electron chi connectivity index (χ0n) is 22.3. The molecule has 5 rings (SSSR count). The van der Waals surface area contributed by atoms with E-state index < -0.39 is 0 Å². The number of anilines is 1. The van der Waals surface area contributed by atoms with Crippen LogP contribution in [0, 0.1) is 11.7 Å². The first-order valence-corrected chi connectivity index (χ1v) is 13.4. The van der Waals surface area contributed by atoms with Crippen molar-refractivity contribution in [3.05, 3.63) is 59.2 Å². The number of nitrogens with zero attached hydrogens (tertiary/aromatic N) is 4. The molecule has 1 aromatic heterocycles. The van der Waals surface area contributed by atoms with Crippen LogP contribution in [-0.2, 0) is 21.4 Å². The molecule has 0 saturated carbocycles. The van der Waals surface area contributed by atoms with Crippen molar-refractivity contribution in [1.82, 2.24) is 20.1 Å². The summed E-state index contributed by atoms with van der Waals surface area (Å²) in [7, 11) is 0. The van der Waals surface area contributed by atoms with Crippen molar-refractivity contribution >= 4 is 17.5 Å². The lowest BCUT2D eigenvalue weighted by Crippen LogP contribution is -2.61. The summed E-state index contributed by atoms with van der Waals surface area (Å²) in [6, 6.07) is 8.96. The Balaban J connectivity index is 1.33. The van der Waals surface area contributed by atoms with Crippen LogP contribution in [0.15, 0.2) is 36.5 Å². The molecule has 1 unspecified atom stereocenters. The first-order valence-electron chi connectivity index (χ1n) is 13.4. The van der Waals surface area contributed by atoms with Crippen LogP contribution in [0.25, 0.3) is 0 Å². The second-order valence-electron chi connectivity index (χ2n) is 11.9. The van der Waals surface area contributed by atoms with Crippen molar-refractivity contribution in [1.29, 1.82) is 0 Å². The van der Waals surface area contributed by atoms with Gasteiger partial charge in [0.05, 0.1) is 17.9 Å². The molecule has 0 bridgehead atoms. The third-order valence-corrected chi connectivity index (χ3v) is 7.94. The van der Waals surface area contributed by atoms with E-state index >= 15 is 0 Å². The maximum Gasteiger partial charge on any atom is 0.241 e. The van der Waals surface area contributed by atoms with Crippen molar-refractivity contribution in [2.45, 2.75) is 58.0 Å². The molecule has 8 heteroatoms. The fourth-order valence-electron chi connectivity index (χ4n) is 6.00. The standard InChI is InChI=1S/C29H38FN5O2/c1-19-9-26(36)34(14-19)16-24-13-31-20(2)15-33(24)17-27(37)35-18-29(3,4)28-25(35)11-22(12-32-28)10-21-5-7-23(30)8-6-21/h5-8,11-12,19-20,24,31H,9-10,13-18H2,1-4H3/t19?,20-,24-/m1/s1. The van der Waals surface area contributed by atoms with Crippen molar-refractivity contribution in [2.75, 3.05) is 44.2 Å². The van der Waals surface area contributed by atoms with Crippen molar-refractivity contribution < 1.29 is 14.0 Å². The summed E-state index contributed by atoms with van der Waals surface area (Å²) in [6.45, 7) is 12.4. The number of halogens is 1. The molecule has 0 aliphatic carbocycles. The first kappa shape index (κ1) is 25.8. The fraction of sp³-hybridized carbons (Fsp3) is 0.552. The minimum atomic E-state index is -0.251. The van der Waals surface area contributed by atoms with Gasteiger partial charge in [-0.05, 0) is 48.6 Å². The lowest BCUT2D eigenvalue weighted by atomic mass is 9.91. The van der Waals surface area contributed by atoms with Gasteiger partial charge in [-0.15, -0.1) is 0 Å². The number of rotatable bonds is 6. The highest BCUT2D eigenvalue weighted by Crippen LogP contribution is 2.39. The molecular weight excluding hydrogens is 469 g/mol. The van der Waals surface area contributed by atoms with Crippen LogP contribution in [-0.4, -0.2) is 78.0 Å². The highest BCUT2D eigenvalue weighted by atomic mass is 19.1. The number of hydrogen-bond donors (Lipinski definition) is 1. The Morgan fingerprint density at radius 1 is 1.16 bits per heavy atom. The van der Waals surface area contributed by atoms with Gasteiger partial charge in [-0.3, -0.25) is 19.5 Å². The molecule has 3 aliphatic heterocycles. The summed E-state index contributed by atoms with van der Waals surface area (Å²) in [6.07, 6.45) is 3.12.